The highest BCUT2D eigenvalue weighted by Gasteiger charge is 2.28. The molecule has 108 valence electrons. The minimum atomic E-state index is -0.360. The second-order valence-electron chi connectivity index (χ2n) is 4.94. The number of hydrogen-bond acceptors (Lipinski definition) is 6. The molecular formula is C14H18N2O4. The van der Waals surface area contributed by atoms with E-state index in [2.05, 4.69) is 9.88 Å². The molecule has 6 heteroatoms. The third-order valence-electron chi connectivity index (χ3n) is 3.74. The molecule has 1 unspecified atom stereocenters. The number of morpholine rings is 1. The van der Waals surface area contributed by atoms with Gasteiger partial charge in [0.15, 0.2) is 0 Å². The van der Waals surface area contributed by atoms with Gasteiger partial charge >= 0.3 is 5.97 Å². The predicted octanol–water partition coefficient (Wildman–Crippen LogP) is 1.30. The molecule has 20 heavy (non-hydrogen) atoms. The number of carbonyl (C=O) groups excluding carboxylic acids is 1. The SMILES string of the molecule is COC(=O)c1cc2c(nc1N1CCOCC1)COC2C. The number of rotatable bonds is 2. The first-order chi connectivity index (χ1) is 9.70. The van der Waals surface area contributed by atoms with Gasteiger partial charge in [0, 0.05) is 18.7 Å². The number of pyridine rings is 1. The van der Waals surface area contributed by atoms with Gasteiger partial charge in [-0.05, 0) is 13.0 Å². The highest BCUT2D eigenvalue weighted by molar-refractivity contribution is 5.95. The van der Waals surface area contributed by atoms with E-state index < -0.39 is 0 Å². The maximum Gasteiger partial charge on any atom is 0.341 e. The minimum absolute atomic E-state index is 0.0281. The van der Waals surface area contributed by atoms with E-state index >= 15 is 0 Å². The van der Waals surface area contributed by atoms with Crippen molar-refractivity contribution in [3.8, 4) is 0 Å². The zero-order valence-electron chi connectivity index (χ0n) is 11.7. The molecule has 0 radical (unpaired) electrons. The Hall–Kier alpha value is -1.66. The molecule has 0 aliphatic carbocycles. The number of aromatic nitrogens is 1. The van der Waals surface area contributed by atoms with Crippen molar-refractivity contribution in [2.75, 3.05) is 38.3 Å². The number of methoxy groups -OCH3 is 1. The number of nitrogens with zero attached hydrogens (tertiary/aromatic N) is 2. The fourth-order valence-corrected chi connectivity index (χ4v) is 2.59. The largest absolute Gasteiger partial charge is 0.465 e. The Balaban J connectivity index is 2.04. The molecule has 1 fully saturated rings. The summed E-state index contributed by atoms with van der Waals surface area (Å²) in [5, 5.41) is 0. The Bertz CT molecular complexity index is 526. The Kier molecular flexibility index (Phi) is 3.58. The van der Waals surface area contributed by atoms with Gasteiger partial charge in [-0.3, -0.25) is 0 Å². The van der Waals surface area contributed by atoms with E-state index in [1.54, 1.807) is 0 Å². The molecule has 2 aliphatic rings. The Labute approximate surface area is 117 Å². The molecule has 0 N–H and O–H groups in total. The smallest absolute Gasteiger partial charge is 0.341 e. The zero-order valence-corrected chi connectivity index (χ0v) is 11.7. The predicted molar refractivity (Wildman–Crippen MR) is 71.8 cm³/mol. The van der Waals surface area contributed by atoms with Gasteiger partial charge in [-0.1, -0.05) is 0 Å². The summed E-state index contributed by atoms with van der Waals surface area (Å²) in [4.78, 5) is 18.7. The van der Waals surface area contributed by atoms with Gasteiger partial charge in [0.2, 0.25) is 0 Å². The topological polar surface area (TPSA) is 60.9 Å². The molecule has 6 nitrogen and oxygen atoms in total. The average molecular weight is 278 g/mol. The summed E-state index contributed by atoms with van der Waals surface area (Å²) in [6, 6.07) is 1.86. The van der Waals surface area contributed by atoms with Crippen LogP contribution in [0.1, 0.15) is 34.6 Å². The molecule has 3 rings (SSSR count). The Morgan fingerprint density at radius 3 is 2.90 bits per heavy atom. The van der Waals surface area contributed by atoms with Crippen LogP contribution in [0, 0.1) is 0 Å². The van der Waals surface area contributed by atoms with Crippen molar-refractivity contribution in [1.82, 2.24) is 4.98 Å². The monoisotopic (exact) mass is 278 g/mol. The van der Waals surface area contributed by atoms with Crippen LogP contribution in [0.5, 0.6) is 0 Å². The summed E-state index contributed by atoms with van der Waals surface area (Å²) in [6.45, 7) is 5.20. The van der Waals surface area contributed by atoms with E-state index in [1.807, 2.05) is 13.0 Å². The van der Waals surface area contributed by atoms with Crippen LogP contribution in [0.3, 0.4) is 0 Å². The molecular weight excluding hydrogens is 260 g/mol. The maximum absolute atomic E-state index is 12.0. The Morgan fingerprint density at radius 2 is 2.20 bits per heavy atom. The lowest BCUT2D eigenvalue weighted by Crippen LogP contribution is -2.38. The van der Waals surface area contributed by atoms with Crippen molar-refractivity contribution in [1.29, 1.82) is 0 Å². The molecule has 1 aromatic rings. The lowest BCUT2D eigenvalue weighted by molar-refractivity contribution is 0.0599. The average Bonchev–Trinajstić information content (AvgIpc) is 2.87. The second kappa shape index (κ2) is 5.38. The van der Waals surface area contributed by atoms with E-state index in [4.69, 9.17) is 14.2 Å². The molecule has 1 atom stereocenters. The number of anilines is 1. The summed E-state index contributed by atoms with van der Waals surface area (Å²) >= 11 is 0. The zero-order chi connectivity index (χ0) is 14.1. The molecule has 0 spiro atoms. The molecule has 1 aromatic heterocycles. The third-order valence-corrected chi connectivity index (χ3v) is 3.74. The van der Waals surface area contributed by atoms with Crippen LogP contribution in [0.2, 0.25) is 0 Å². The lowest BCUT2D eigenvalue weighted by Gasteiger charge is -2.29. The van der Waals surface area contributed by atoms with Crippen molar-refractivity contribution in [3.63, 3.8) is 0 Å². The minimum Gasteiger partial charge on any atom is -0.465 e. The summed E-state index contributed by atoms with van der Waals surface area (Å²) in [7, 11) is 1.39. The Morgan fingerprint density at radius 1 is 1.45 bits per heavy atom. The summed E-state index contributed by atoms with van der Waals surface area (Å²) in [5.74, 6) is 0.317. The number of hydrogen-bond donors (Lipinski definition) is 0. The van der Waals surface area contributed by atoms with Crippen LogP contribution in [0.25, 0.3) is 0 Å². The summed E-state index contributed by atoms with van der Waals surface area (Å²) in [5.41, 5.74) is 2.39. The van der Waals surface area contributed by atoms with Gasteiger partial charge in [0.25, 0.3) is 0 Å². The van der Waals surface area contributed by atoms with Gasteiger partial charge < -0.3 is 19.1 Å². The fraction of sp³-hybridized carbons (Fsp3) is 0.571. The van der Waals surface area contributed by atoms with Crippen LogP contribution in [0.15, 0.2) is 6.07 Å². The van der Waals surface area contributed by atoms with Crippen LogP contribution in [-0.4, -0.2) is 44.4 Å². The van der Waals surface area contributed by atoms with Gasteiger partial charge in [-0.25, -0.2) is 9.78 Å². The van der Waals surface area contributed by atoms with E-state index in [0.717, 1.165) is 24.3 Å². The van der Waals surface area contributed by atoms with Crippen molar-refractivity contribution in [2.24, 2.45) is 0 Å². The van der Waals surface area contributed by atoms with Gasteiger partial charge in [0.05, 0.1) is 38.7 Å². The maximum atomic E-state index is 12.0. The first-order valence-corrected chi connectivity index (χ1v) is 6.77. The number of esters is 1. The highest BCUT2D eigenvalue weighted by atomic mass is 16.5. The van der Waals surface area contributed by atoms with Crippen molar-refractivity contribution < 1.29 is 19.0 Å². The number of fused-ring (bicyclic) bond motifs is 1. The van der Waals surface area contributed by atoms with Gasteiger partial charge in [-0.15, -0.1) is 0 Å². The molecule has 0 bridgehead atoms. The summed E-state index contributed by atoms with van der Waals surface area (Å²) < 4.78 is 15.8. The first kappa shape index (κ1) is 13.3. The lowest BCUT2D eigenvalue weighted by atomic mass is 10.1. The fourth-order valence-electron chi connectivity index (χ4n) is 2.59. The van der Waals surface area contributed by atoms with Crippen LogP contribution in [0.4, 0.5) is 5.82 Å². The first-order valence-electron chi connectivity index (χ1n) is 6.77. The molecule has 0 saturated carbocycles. The van der Waals surface area contributed by atoms with Gasteiger partial charge in [-0.2, -0.15) is 0 Å². The standard InChI is InChI=1S/C14H18N2O4/c1-9-10-7-11(14(17)18-2)13(15-12(10)8-20-9)16-3-5-19-6-4-16/h7,9H,3-6,8H2,1-2H3. The van der Waals surface area contributed by atoms with Crippen LogP contribution < -0.4 is 4.90 Å². The molecule has 2 aliphatic heterocycles. The van der Waals surface area contributed by atoms with Crippen LogP contribution >= 0.6 is 0 Å². The summed E-state index contributed by atoms with van der Waals surface area (Å²) in [6.07, 6.45) is -0.0281. The molecule has 0 amide bonds. The molecule has 3 heterocycles. The van der Waals surface area contributed by atoms with E-state index in [1.165, 1.54) is 7.11 Å². The quantitative estimate of drug-likeness (QED) is 0.760. The molecule has 1 saturated heterocycles. The van der Waals surface area contributed by atoms with Gasteiger partial charge in [0.1, 0.15) is 11.4 Å². The third kappa shape index (κ3) is 2.25. The van der Waals surface area contributed by atoms with Crippen LogP contribution in [-0.2, 0) is 20.8 Å². The van der Waals surface area contributed by atoms with Crippen molar-refractivity contribution in [3.05, 3.63) is 22.9 Å². The highest BCUT2D eigenvalue weighted by Crippen LogP contribution is 2.33. The van der Waals surface area contributed by atoms with E-state index in [0.29, 0.717) is 31.2 Å². The number of ether oxygens (including phenoxy) is 3. The van der Waals surface area contributed by atoms with Crippen molar-refractivity contribution in [2.45, 2.75) is 19.6 Å². The second-order valence-corrected chi connectivity index (χ2v) is 4.94. The number of carbonyl (C=O) groups is 1. The van der Waals surface area contributed by atoms with E-state index in [9.17, 15) is 4.79 Å². The van der Waals surface area contributed by atoms with E-state index in [-0.39, 0.29) is 12.1 Å². The molecule has 0 aromatic carbocycles. The van der Waals surface area contributed by atoms with Crippen molar-refractivity contribution >= 4 is 11.8 Å². The normalized spacial score (nSPS) is 21.7.